The van der Waals surface area contributed by atoms with Crippen molar-refractivity contribution in [3.8, 4) is 5.75 Å². The highest BCUT2D eigenvalue weighted by Gasteiger charge is 2.25. The maximum Gasteiger partial charge on any atom is 0.227 e. The molecule has 0 spiro atoms. The summed E-state index contributed by atoms with van der Waals surface area (Å²) in [6.45, 7) is 5.17. The summed E-state index contributed by atoms with van der Waals surface area (Å²) in [5.74, 6) is 1.23. The van der Waals surface area contributed by atoms with Gasteiger partial charge in [-0.05, 0) is 18.1 Å². The van der Waals surface area contributed by atoms with E-state index in [1.165, 1.54) is 0 Å². The van der Waals surface area contributed by atoms with Crippen LogP contribution in [0.15, 0.2) is 29.6 Å². The highest BCUT2D eigenvalue weighted by atomic mass is 32.1. The molecule has 2 heterocycles. The number of hydrogen-bond acceptors (Lipinski definition) is 4. The van der Waals surface area contributed by atoms with Crippen LogP contribution in [0, 0.1) is 5.92 Å². The highest BCUT2D eigenvalue weighted by Crippen LogP contribution is 2.27. The Hall–Kier alpha value is -1.88. The maximum atomic E-state index is 12.3. The zero-order valence-corrected chi connectivity index (χ0v) is 13.7. The molecule has 1 aliphatic heterocycles. The topological polar surface area (TPSA) is 51.2 Å². The van der Waals surface area contributed by atoms with E-state index in [0.717, 1.165) is 28.4 Å². The average molecular weight is 316 g/mol. The third-order valence-electron chi connectivity index (χ3n) is 3.76. The Kier molecular flexibility index (Phi) is 4.43. The van der Waals surface area contributed by atoms with Gasteiger partial charge in [0.25, 0.3) is 0 Å². The van der Waals surface area contributed by atoms with E-state index < -0.39 is 0 Å². The molecule has 1 aliphatic rings. The molecule has 4 nitrogen and oxygen atoms in total. The van der Waals surface area contributed by atoms with Crippen molar-refractivity contribution in [2.75, 3.05) is 6.61 Å². The summed E-state index contributed by atoms with van der Waals surface area (Å²) in [5, 5.41) is 6.10. The zero-order chi connectivity index (χ0) is 15.5. The molecule has 1 aromatic carbocycles. The summed E-state index contributed by atoms with van der Waals surface area (Å²) >= 11 is 1.65. The number of thiazole rings is 1. The fourth-order valence-corrected chi connectivity index (χ4v) is 3.32. The number of rotatable bonds is 4. The summed E-state index contributed by atoms with van der Waals surface area (Å²) in [5.41, 5.74) is 2.03. The second-order valence-corrected chi connectivity index (χ2v) is 6.76. The first-order valence-corrected chi connectivity index (χ1v) is 8.44. The fraction of sp³-hybridized carbons (Fsp3) is 0.412. The van der Waals surface area contributed by atoms with E-state index in [1.807, 2.05) is 29.6 Å². The molecule has 116 valence electrons. The van der Waals surface area contributed by atoms with Crippen LogP contribution in [-0.4, -0.2) is 17.5 Å². The van der Waals surface area contributed by atoms with Gasteiger partial charge in [-0.3, -0.25) is 4.79 Å². The normalized spacial score (nSPS) is 17.0. The van der Waals surface area contributed by atoms with E-state index in [0.29, 0.717) is 19.1 Å². The molecule has 0 fully saturated rings. The predicted octanol–water partition coefficient (Wildman–Crippen LogP) is 3.13. The summed E-state index contributed by atoms with van der Waals surface area (Å²) < 4.78 is 5.67. The van der Waals surface area contributed by atoms with Gasteiger partial charge in [0, 0.05) is 11.3 Å². The molecule has 5 heteroatoms. The fourth-order valence-electron chi connectivity index (χ4n) is 2.49. The molecular weight excluding hydrogens is 296 g/mol. The van der Waals surface area contributed by atoms with Crippen LogP contribution in [0.25, 0.3) is 0 Å². The largest absolute Gasteiger partial charge is 0.492 e. The molecule has 1 amide bonds. The van der Waals surface area contributed by atoms with Crippen LogP contribution in [0.5, 0.6) is 5.75 Å². The summed E-state index contributed by atoms with van der Waals surface area (Å²) in [4.78, 5) is 16.8. The molecule has 2 aromatic rings. The molecule has 0 bridgehead atoms. The number of hydrogen-bond donors (Lipinski definition) is 1. The van der Waals surface area contributed by atoms with Crippen molar-refractivity contribution in [1.82, 2.24) is 10.3 Å². The van der Waals surface area contributed by atoms with Crippen molar-refractivity contribution < 1.29 is 9.53 Å². The van der Waals surface area contributed by atoms with Gasteiger partial charge in [0.15, 0.2) is 0 Å². The van der Waals surface area contributed by atoms with Gasteiger partial charge in [0.2, 0.25) is 5.91 Å². The predicted molar refractivity (Wildman–Crippen MR) is 87.2 cm³/mol. The van der Waals surface area contributed by atoms with E-state index in [2.05, 4.69) is 24.1 Å². The molecule has 1 N–H and O–H groups in total. The number of fused-ring (bicyclic) bond motifs is 1. The number of nitrogens with zero attached hydrogens (tertiary/aromatic N) is 1. The second-order valence-electron chi connectivity index (χ2n) is 5.87. The van der Waals surface area contributed by atoms with Crippen LogP contribution in [0.4, 0.5) is 0 Å². The minimum atomic E-state index is -0.127. The van der Waals surface area contributed by atoms with Crippen molar-refractivity contribution in [3.05, 3.63) is 45.9 Å². The molecule has 1 aromatic heterocycles. The van der Waals surface area contributed by atoms with Crippen molar-refractivity contribution in [3.63, 3.8) is 0 Å². The van der Waals surface area contributed by atoms with Gasteiger partial charge < -0.3 is 10.1 Å². The Bertz CT molecular complexity index is 666. The van der Waals surface area contributed by atoms with Crippen LogP contribution < -0.4 is 10.1 Å². The smallest absolute Gasteiger partial charge is 0.227 e. The summed E-state index contributed by atoms with van der Waals surface area (Å²) in [6, 6.07) is 7.90. The molecule has 3 rings (SSSR count). The van der Waals surface area contributed by atoms with E-state index >= 15 is 0 Å². The van der Waals surface area contributed by atoms with Crippen LogP contribution in [0.2, 0.25) is 0 Å². The van der Waals surface area contributed by atoms with Gasteiger partial charge in [-0.2, -0.15) is 0 Å². The van der Waals surface area contributed by atoms with Crippen LogP contribution >= 0.6 is 11.3 Å². The summed E-state index contributed by atoms with van der Waals surface area (Å²) in [7, 11) is 0. The molecule has 0 aliphatic carbocycles. The number of amides is 1. The molecule has 1 atom stereocenters. The van der Waals surface area contributed by atoms with Crippen molar-refractivity contribution in [2.45, 2.75) is 32.7 Å². The van der Waals surface area contributed by atoms with Crippen LogP contribution in [-0.2, 0) is 17.8 Å². The number of carbonyl (C=O) groups is 1. The first kappa shape index (κ1) is 15.0. The van der Waals surface area contributed by atoms with Crippen LogP contribution in [0.1, 0.15) is 36.0 Å². The van der Waals surface area contributed by atoms with E-state index in [1.54, 1.807) is 11.3 Å². The third kappa shape index (κ3) is 3.30. The van der Waals surface area contributed by atoms with E-state index in [-0.39, 0.29) is 11.8 Å². The Balaban J connectivity index is 1.56. The lowest BCUT2D eigenvalue weighted by Crippen LogP contribution is -2.37. The number of para-hydroxylation sites is 1. The van der Waals surface area contributed by atoms with Gasteiger partial charge in [-0.25, -0.2) is 4.98 Å². The highest BCUT2D eigenvalue weighted by molar-refractivity contribution is 7.09. The van der Waals surface area contributed by atoms with Gasteiger partial charge in [-0.15, -0.1) is 11.3 Å². The number of nitrogens with one attached hydrogen (secondary N) is 1. The first-order valence-electron chi connectivity index (χ1n) is 7.56. The molecule has 0 saturated carbocycles. The Morgan fingerprint density at radius 1 is 1.45 bits per heavy atom. The number of carbonyl (C=O) groups excluding carboxylic acids is 1. The molecule has 0 saturated heterocycles. The van der Waals surface area contributed by atoms with Gasteiger partial charge in [0.05, 0.1) is 23.2 Å². The van der Waals surface area contributed by atoms with Crippen molar-refractivity contribution >= 4 is 17.2 Å². The zero-order valence-electron chi connectivity index (χ0n) is 12.8. The Morgan fingerprint density at radius 3 is 3.05 bits per heavy atom. The number of aromatic nitrogens is 1. The second kappa shape index (κ2) is 6.48. The SMILES string of the molecule is CC(C)c1nc(CNC(=O)C2COc3ccccc3C2)cs1. The number of benzene rings is 1. The lowest BCUT2D eigenvalue weighted by Gasteiger charge is -2.24. The van der Waals surface area contributed by atoms with E-state index in [9.17, 15) is 4.79 Å². The van der Waals surface area contributed by atoms with Crippen molar-refractivity contribution in [1.29, 1.82) is 0 Å². The van der Waals surface area contributed by atoms with Crippen molar-refractivity contribution in [2.24, 2.45) is 5.92 Å². The maximum absolute atomic E-state index is 12.3. The van der Waals surface area contributed by atoms with Gasteiger partial charge in [-0.1, -0.05) is 32.0 Å². The molecule has 22 heavy (non-hydrogen) atoms. The lowest BCUT2D eigenvalue weighted by molar-refractivity contribution is -0.126. The van der Waals surface area contributed by atoms with E-state index in [4.69, 9.17) is 4.74 Å². The summed E-state index contributed by atoms with van der Waals surface area (Å²) in [6.07, 6.45) is 0.732. The average Bonchev–Trinajstić information content (AvgIpc) is 3.01. The van der Waals surface area contributed by atoms with Crippen LogP contribution in [0.3, 0.4) is 0 Å². The minimum Gasteiger partial charge on any atom is -0.492 e. The monoisotopic (exact) mass is 316 g/mol. The number of ether oxygens (including phenoxy) is 1. The standard InChI is InChI=1S/C17H20N2O2S/c1-11(2)17-19-14(10-22-17)8-18-16(20)13-7-12-5-3-4-6-15(12)21-9-13/h3-6,10-11,13H,7-9H2,1-2H3,(H,18,20). The first-order chi connectivity index (χ1) is 10.6. The Morgan fingerprint density at radius 2 is 2.27 bits per heavy atom. The molecular formula is C17H20N2O2S. The lowest BCUT2D eigenvalue weighted by atomic mass is 9.96. The quantitative estimate of drug-likeness (QED) is 0.943. The van der Waals surface area contributed by atoms with Gasteiger partial charge in [0.1, 0.15) is 12.4 Å². The minimum absolute atomic E-state index is 0.0357. The third-order valence-corrected chi connectivity index (χ3v) is 4.95. The molecule has 1 unspecified atom stereocenters. The Labute approximate surface area is 134 Å². The van der Waals surface area contributed by atoms with Gasteiger partial charge >= 0.3 is 0 Å². The molecule has 0 radical (unpaired) electrons.